The molecule has 2 aromatic carbocycles. The number of rotatable bonds is 5. The van der Waals surface area contributed by atoms with Crippen LogP contribution in [-0.4, -0.2) is 30.1 Å². The molecule has 1 saturated heterocycles. The van der Waals surface area contributed by atoms with Gasteiger partial charge in [0.15, 0.2) is 0 Å². The lowest BCUT2D eigenvalue weighted by Gasteiger charge is -2.42. The van der Waals surface area contributed by atoms with Crippen molar-refractivity contribution in [2.45, 2.75) is 38.9 Å². The van der Waals surface area contributed by atoms with Gasteiger partial charge in [-0.15, -0.1) is 0 Å². The van der Waals surface area contributed by atoms with Crippen LogP contribution in [0.4, 0.5) is 0 Å². The smallest absolute Gasteiger partial charge is 0.0247 e. The third kappa shape index (κ3) is 4.43. The molecule has 1 heterocycles. The van der Waals surface area contributed by atoms with Gasteiger partial charge >= 0.3 is 0 Å². The van der Waals surface area contributed by atoms with Gasteiger partial charge in [-0.3, -0.25) is 4.90 Å². The molecule has 0 bridgehead atoms. The topological polar surface area (TPSA) is 15.3 Å². The Hall–Kier alpha value is -1.64. The zero-order chi connectivity index (χ0) is 16.1. The van der Waals surface area contributed by atoms with Crippen molar-refractivity contribution in [2.24, 2.45) is 5.92 Å². The first-order chi connectivity index (χ1) is 11.2. The summed E-state index contributed by atoms with van der Waals surface area (Å²) in [6.45, 7) is 7.93. The average molecular weight is 308 g/mol. The lowest BCUT2D eigenvalue weighted by Crippen LogP contribution is -2.58. The predicted molar refractivity (Wildman–Crippen MR) is 97.4 cm³/mol. The second kappa shape index (κ2) is 7.76. The van der Waals surface area contributed by atoms with Crippen molar-refractivity contribution in [1.82, 2.24) is 10.2 Å². The molecule has 2 aromatic rings. The number of benzene rings is 2. The van der Waals surface area contributed by atoms with Gasteiger partial charge in [-0.2, -0.15) is 0 Å². The summed E-state index contributed by atoms with van der Waals surface area (Å²) in [7, 11) is 0. The fourth-order valence-electron chi connectivity index (χ4n) is 3.59. The molecule has 0 radical (unpaired) electrons. The van der Waals surface area contributed by atoms with Crippen LogP contribution in [0.2, 0.25) is 0 Å². The molecular weight excluding hydrogens is 280 g/mol. The van der Waals surface area contributed by atoms with E-state index >= 15 is 0 Å². The van der Waals surface area contributed by atoms with Gasteiger partial charge in [-0.05, 0) is 23.5 Å². The van der Waals surface area contributed by atoms with E-state index in [0.717, 1.165) is 26.1 Å². The summed E-state index contributed by atoms with van der Waals surface area (Å²) >= 11 is 0. The SMILES string of the molecule is CC(C)C1CNC(Cc2ccccc2)CN1Cc1ccccc1. The van der Waals surface area contributed by atoms with Crippen LogP contribution >= 0.6 is 0 Å². The Morgan fingerprint density at radius 2 is 1.57 bits per heavy atom. The number of hydrogen-bond acceptors (Lipinski definition) is 2. The maximum Gasteiger partial charge on any atom is 0.0247 e. The molecular formula is C21H28N2. The minimum Gasteiger partial charge on any atom is -0.311 e. The molecule has 122 valence electrons. The van der Waals surface area contributed by atoms with E-state index in [9.17, 15) is 0 Å². The molecule has 2 nitrogen and oxygen atoms in total. The largest absolute Gasteiger partial charge is 0.311 e. The normalized spacial score (nSPS) is 22.4. The summed E-state index contributed by atoms with van der Waals surface area (Å²) in [6.07, 6.45) is 1.11. The molecule has 1 N–H and O–H groups in total. The lowest BCUT2D eigenvalue weighted by molar-refractivity contribution is 0.0911. The van der Waals surface area contributed by atoms with E-state index in [4.69, 9.17) is 0 Å². The fourth-order valence-corrected chi connectivity index (χ4v) is 3.59. The molecule has 0 aliphatic carbocycles. The monoisotopic (exact) mass is 308 g/mol. The molecule has 3 rings (SSSR count). The van der Waals surface area contributed by atoms with Gasteiger partial charge in [-0.25, -0.2) is 0 Å². The van der Waals surface area contributed by atoms with E-state index in [2.05, 4.69) is 84.7 Å². The first-order valence-electron chi connectivity index (χ1n) is 8.77. The van der Waals surface area contributed by atoms with Crippen molar-refractivity contribution in [1.29, 1.82) is 0 Å². The van der Waals surface area contributed by atoms with Crippen molar-refractivity contribution in [2.75, 3.05) is 13.1 Å². The van der Waals surface area contributed by atoms with Crippen LogP contribution in [0.25, 0.3) is 0 Å². The van der Waals surface area contributed by atoms with Gasteiger partial charge in [0, 0.05) is 31.7 Å². The second-order valence-electron chi connectivity index (χ2n) is 7.02. The third-order valence-corrected chi connectivity index (χ3v) is 4.86. The molecule has 1 fully saturated rings. The summed E-state index contributed by atoms with van der Waals surface area (Å²) in [4.78, 5) is 2.67. The maximum absolute atomic E-state index is 3.77. The predicted octanol–water partition coefficient (Wildman–Crippen LogP) is 3.73. The maximum atomic E-state index is 3.77. The van der Waals surface area contributed by atoms with E-state index in [1.807, 2.05) is 0 Å². The number of nitrogens with zero attached hydrogens (tertiary/aromatic N) is 1. The number of piperazine rings is 1. The first kappa shape index (κ1) is 16.2. The lowest BCUT2D eigenvalue weighted by atomic mass is 9.95. The Morgan fingerprint density at radius 3 is 2.17 bits per heavy atom. The molecule has 2 heteroatoms. The highest BCUT2D eigenvalue weighted by molar-refractivity contribution is 5.17. The van der Waals surface area contributed by atoms with Crippen molar-refractivity contribution >= 4 is 0 Å². The Kier molecular flexibility index (Phi) is 5.47. The number of hydrogen-bond donors (Lipinski definition) is 1. The van der Waals surface area contributed by atoms with E-state index in [1.54, 1.807) is 0 Å². The Labute approximate surface area is 140 Å². The van der Waals surface area contributed by atoms with Crippen LogP contribution in [0.15, 0.2) is 60.7 Å². The van der Waals surface area contributed by atoms with Gasteiger partial charge in [-0.1, -0.05) is 74.5 Å². The second-order valence-corrected chi connectivity index (χ2v) is 7.02. The molecule has 23 heavy (non-hydrogen) atoms. The quantitative estimate of drug-likeness (QED) is 0.905. The highest BCUT2D eigenvalue weighted by atomic mass is 15.2. The van der Waals surface area contributed by atoms with Gasteiger partial charge in [0.25, 0.3) is 0 Å². The highest BCUT2D eigenvalue weighted by Gasteiger charge is 2.29. The molecule has 2 unspecified atom stereocenters. The molecule has 0 aromatic heterocycles. The molecule has 1 aliphatic heterocycles. The van der Waals surface area contributed by atoms with Crippen molar-refractivity contribution in [3.05, 3.63) is 71.8 Å². The number of nitrogens with one attached hydrogen (secondary N) is 1. The van der Waals surface area contributed by atoms with Gasteiger partial charge < -0.3 is 5.32 Å². The van der Waals surface area contributed by atoms with Gasteiger partial charge in [0.05, 0.1) is 0 Å². The van der Waals surface area contributed by atoms with Crippen molar-refractivity contribution in [3.63, 3.8) is 0 Å². The fraction of sp³-hybridized carbons (Fsp3) is 0.429. The minimum atomic E-state index is 0.538. The standard InChI is InChI=1S/C21H28N2/c1-17(2)21-14-22-20(13-18-9-5-3-6-10-18)16-23(21)15-19-11-7-4-8-12-19/h3-12,17,20-22H,13-16H2,1-2H3. The third-order valence-electron chi connectivity index (χ3n) is 4.86. The zero-order valence-corrected chi connectivity index (χ0v) is 14.3. The van der Waals surface area contributed by atoms with Gasteiger partial charge in [0.1, 0.15) is 0 Å². The summed E-state index contributed by atoms with van der Waals surface area (Å²) < 4.78 is 0. The zero-order valence-electron chi connectivity index (χ0n) is 14.3. The first-order valence-corrected chi connectivity index (χ1v) is 8.77. The summed E-state index contributed by atoms with van der Waals surface area (Å²) in [5, 5.41) is 3.77. The van der Waals surface area contributed by atoms with Crippen LogP contribution < -0.4 is 5.32 Å². The van der Waals surface area contributed by atoms with Crippen LogP contribution in [0.1, 0.15) is 25.0 Å². The Balaban J connectivity index is 1.68. The Bertz CT molecular complexity index is 579. The van der Waals surface area contributed by atoms with Crippen molar-refractivity contribution < 1.29 is 0 Å². The Morgan fingerprint density at radius 1 is 0.957 bits per heavy atom. The summed E-state index contributed by atoms with van der Waals surface area (Å²) in [6, 6.07) is 22.8. The highest BCUT2D eigenvalue weighted by Crippen LogP contribution is 2.19. The summed E-state index contributed by atoms with van der Waals surface area (Å²) in [5.41, 5.74) is 2.84. The molecule has 1 aliphatic rings. The average Bonchev–Trinajstić information content (AvgIpc) is 2.57. The molecule has 0 amide bonds. The van der Waals surface area contributed by atoms with E-state index < -0.39 is 0 Å². The van der Waals surface area contributed by atoms with E-state index in [0.29, 0.717) is 18.0 Å². The minimum absolute atomic E-state index is 0.538. The molecule has 0 saturated carbocycles. The molecule has 2 atom stereocenters. The van der Waals surface area contributed by atoms with Crippen molar-refractivity contribution in [3.8, 4) is 0 Å². The van der Waals surface area contributed by atoms with Crippen LogP contribution in [0.3, 0.4) is 0 Å². The van der Waals surface area contributed by atoms with Crippen LogP contribution in [0.5, 0.6) is 0 Å². The van der Waals surface area contributed by atoms with E-state index in [-0.39, 0.29) is 0 Å². The van der Waals surface area contributed by atoms with Gasteiger partial charge in [0.2, 0.25) is 0 Å². The van der Waals surface area contributed by atoms with E-state index in [1.165, 1.54) is 11.1 Å². The van der Waals surface area contributed by atoms with Crippen LogP contribution in [0, 0.1) is 5.92 Å². The van der Waals surface area contributed by atoms with Crippen LogP contribution in [-0.2, 0) is 13.0 Å². The summed E-state index contributed by atoms with van der Waals surface area (Å²) in [5.74, 6) is 0.670. The molecule has 0 spiro atoms.